The first kappa shape index (κ1) is 57.0. The third kappa shape index (κ3) is 29.9. The second-order valence-corrected chi connectivity index (χ2v) is 27.8. The van der Waals surface area contributed by atoms with E-state index in [4.69, 9.17) is 25.1 Å². The molecule has 0 radical (unpaired) electrons. The van der Waals surface area contributed by atoms with E-state index >= 15 is 0 Å². The molecule has 0 saturated carbocycles. The van der Waals surface area contributed by atoms with Crippen molar-refractivity contribution < 1.29 is 63.5 Å². The molecule has 0 aliphatic heterocycles. The Bertz CT molecular complexity index is 1370. The maximum absolute atomic E-state index is 13.4. The van der Waals surface area contributed by atoms with Crippen LogP contribution in [0.25, 0.3) is 0 Å². The zero-order valence-corrected chi connectivity index (χ0v) is 42.2. The Morgan fingerprint density at radius 1 is 0.426 bits per heavy atom. The summed E-state index contributed by atoms with van der Waals surface area (Å²) in [6.45, 7) is 24.0. The first-order chi connectivity index (χ1) is 27.9. The summed E-state index contributed by atoms with van der Waals surface area (Å²) in [5.74, 6) is -5.36. The van der Waals surface area contributed by atoms with Crippen molar-refractivity contribution in [2.75, 3.05) is 26.2 Å². The summed E-state index contributed by atoms with van der Waals surface area (Å²) in [4.78, 5) is 106. The van der Waals surface area contributed by atoms with Gasteiger partial charge in [-0.1, -0.05) is 0 Å². The second-order valence-electron chi connectivity index (χ2n) is 18.6. The summed E-state index contributed by atoms with van der Waals surface area (Å²) in [5, 5.41) is 0. The van der Waals surface area contributed by atoms with Crippen molar-refractivity contribution in [3.05, 3.63) is 24.3 Å². The molecule has 61 heavy (non-hydrogen) atoms. The van der Waals surface area contributed by atoms with Crippen LogP contribution in [0.2, 0.25) is 8.87 Å². The first-order valence-corrected chi connectivity index (χ1v) is 27.5. The number of hydrogen-bond donors (Lipinski definition) is 0. The number of unbranched alkanes of at least 4 members (excludes halogenated alkanes) is 2. The third-order valence-electron chi connectivity index (χ3n) is 7.77. The van der Waals surface area contributed by atoms with Crippen LogP contribution in [0, 0.1) is 0 Å². The Hall–Kier alpha value is -3.96. The van der Waals surface area contributed by atoms with Gasteiger partial charge in [-0.25, -0.2) is 0 Å². The number of carbonyl (C=O) groups excluding carboxylic acids is 8. The van der Waals surface area contributed by atoms with Gasteiger partial charge in [0, 0.05) is 0 Å². The number of nitrogens with zero attached hydrogens (tertiary/aromatic N) is 2. The first-order valence-electron chi connectivity index (χ1n) is 21.2. The van der Waals surface area contributed by atoms with Gasteiger partial charge in [0.15, 0.2) is 0 Å². The van der Waals surface area contributed by atoms with Gasteiger partial charge in [0.2, 0.25) is 0 Å². The van der Waals surface area contributed by atoms with Gasteiger partial charge in [-0.2, -0.15) is 0 Å². The quantitative estimate of drug-likeness (QED) is 0.0423. The van der Waals surface area contributed by atoms with Crippen LogP contribution in [0.15, 0.2) is 24.3 Å². The van der Waals surface area contributed by atoms with E-state index in [1.54, 1.807) is 83.1 Å². The van der Waals surface area contributed by atoms with E-state index in [0.29, 0.717) is 34.6 Å². The Morgan fingerprint density at radius 2 is 0.672 bits per heavy atom. The summed E-state index contributed by atoms with van der Waals surface area (Å²) in [6, 6.07) is 0. The van der Waals surface area contributed by atoms with Crippen molar-refractivity contribution in [1.29, 1.82) is 0 Å². The van der Waals surface area contributed by atoms with Gasteiger partial charge in [0.1, 0.15) is 0 Å². The number of carbonyl (C=O) groups is 8. The summed E-state index contributed by atoms with van der Waals surface area (Å²) in [5.41, 5.74) is -2.99. The molecule has 0 aliphatic rings. The van der Waals surface area contributed by atoms with Crippen LogP contribution in [-0.4, -0.2) is 125 Å². The van der Waals surface area contributed by atoms with Crippen molar-refractivity contribution in [2.45, 2.75) is 180 Å². The molecule has 0 spiro atoms. The van der Waals surface area contributed by atoms with Crippen LogP contribution >= 0.6 is 0 Å². The van der Waals surface area contributed by atoms with E-state index in [9.17, 15) is 38.4 Å². The van der Waals surface area contributed by atoms with Crippen LogP contribution in [-0.2, 0) is 63.5 Å². The minimum atomic E-state index is -4.65. The monoisotopic (exact) mass is 974 g/mol. The van der Waals surface area contributed by atoms with Crippen LogP contribution < -0.4 is 0 Å². The number of rotatable bonds is 24. The average Bonchev–Trinajstić information content (AvgIpc) is 3.08. The molecule has 0 heterocycles. The van der Waals surface area contributed by atoms with Gasteiger partial charge in [0.25, 0.3) is 0 Å². The topological polar surface area (TPSA) is 198 Å². The molecular weight excluding hydrogens is 899 g/mol. The van der Waals surface area contributed by atoms with Gasteiger partial charge in [-0.3, -0.25) is 0 Å². The summed E-state index contributed by atoms with van der Waals surface area (Å²) in [7, 11) is 0. The van der Waals surface area contributed by atoms with E-state index in [-0.39, 0.29) is 51.9 Å². The number of ether oxygens (including phenoxy) is 4. The molecule has 17 heteroatoms. The fraction of sp³-hybridized carbons (Fsp3) is 0.727. The SMILES string of the molecule is CCC[CH2][Sn]([CH2]CCC)([O]C(=O)/C=C\C(=O)N(CCC(=O)OC(C)(C)C)CCC(=O)OC(C)(C)C)[O]C(=O)/C=C\C(=O)N(CCC(=O)OC(C)(C)C)CCC(=O)OC(C)(C)C. The number of esters is 4. The van der Waals surface area contributed by atoms with Crippen molar-refractivity contribution in [2.24, 2.45) is 0 Å². The zero-order chi connectivity index (χ0) is 47.2. The van der Waals surface area contributed by atoms with Crippen molar-refractivity contribution in [3.8, 4) is 0 Å². The van der Waals surface area contributed by atoms with E-state index < -0.39 is 89.2 Å². The molecule has 0 atom stereocenters. The standard InChI is InChI=1S/2C18H29NO7.2C4H9.Sn/c2*1-17(2,3)25-15(23)9-11-19(13(20)7-8-14(21)22)12-10-16(24)26-18(4,5)6;2*1-3-4-2;/h2*7-8H,9-12H2,1-6H3,(H,21,22);2*1,3-4H2,2H3;/q;;;;+2/p-2/b2*8-7-;;;. The molecule has 0 aromatic carbocycles. The molecule has 0 aromatic rings. The van der Waals surface area contributed by atoms with Gasteiger partial charge >= 0.3 is 370 Å². The molecule has 0 rings (SSSR count). The molecule has 0 aromatic heterocycles. The van der Waals surface area contributed by atoms with Gasteiger partial charge in [0.05, 0.1) is 0 Å². The van der Waals surface area contributed by atoms with Crippen molar-refractivity contribution in [1.82, 2.24) is 9.80 Å². The zero-order valence-electron chi connectivity index (χ0n) is 39.3. The fourth-order valence-electron chi connectivity index (χ4n) is 5.31. The Balaban J connectivity index is 6.29. The summed E-state index contributed by atoms with van der Waals surface area (Å²) < 4.78 is 34.1. The van der Waals surface area contributed by atoms with E-state index in [1.807, 2.05) is 13.8 Å². The second kappa shape index (κ2) is 26.5. The predicted octanol–water partition coefficient (Wildman–Crippen LogP) is 6.81. The summed E-state index contributed by atoms with van der Waals surface area (Å²) in [6.07, 6.45) is 5.73. The molecule has 0 aliphatic carbocycles. The number of hydrogen-bond acceptors (Lipinski definition) is 14. The van der Waals surface area contributed by atoms with Crippen LogP contribution in [0.4, 0.5) is 0 Å². The Kier molecular flexibility index (Phi) is 24.8. The molecule has 2 amide bonds. The van der Waals surface area contributed by atoms with E-state index in [2.05, 4.69) is 0 Å². The van der Waals surface area contributed by atoms with Gasteiger partial charge in [-0.15, -0.1) is 0 Å². The molecule has 0 bridgehead atoms. The molecule has 0 N–H and O–H groups in total. The normalized spacial score (nSPS) is 12.4. The summed E-state index contributed by atoms with van der Waals surface area (Å²) >= 11 is -4.65. The predicted molar refractivity (Wildman–Crippen MR) is 231 cm³/mol. The fourth-order valence-corrected chi connectivity index (χ4v) is 14.9. The third-order valence-corrected chi connectivity index (χ3v) is 17.4. The van der Waals surface area contributed by atoms with Crippen LogP contribution in [0.3, 0.4) is 0 Å². The van der Waals surface area contributed by atoms with Crippen molar-refractivity contribution >= 4 is 66.8 Å². The Morgan fingerprint density at radius 3 is 0.885 bits per heavy atom. The number of amides is 2. The molecular formula is C44H74N2O14Sn. The average molecular weight is 974 g/mol. The molecule has 0 fully saturated rings. The maximum atomic E-state index is 13.4. The minimum absolute atomic E-state index is 0.103. The molecule has 16 nitrogen and oxygen atoms in total. The molecule has 348 valence electrons. The Labute approximate surface area is 368 Å². The van der Waals surface area contributed by atoms with Crippen molar-refractivity contribution in [3.63, 3.8) is 0 Å². The molecule has 0 unspecified atom stereocenters. The van der Waals surface area contributed by atoms with Gasteiger partial charge in [-0.05, 0) is 0 Å². The van der Waals surface area contributed by atoms with Crippen LogP contribution in [0.1, 0.15) is 148 Å². The van der Waals surface area contributed by atoms with E-state index in [1.165, 1.54) is 9.80 Å². The van der Waals surface area contributed by atoms with Gasteiger partial charge < -0.3 is 0 Å². The van der Waals surface area contributed by atoms with Crippen LogP contribution in [0.5, 0.6) is 0 Å². The molecule has 0 saturated heterocycles. The van der Waals surface area contributed by atoms with E-state index in [0.717, 1.165) is 24.3 Å².